The summed E-state index contributed by atoms with van der Waals surface area (Å²) in [6.45, 7) is 10.6. The molecule has 0 bridgehead atoms. The maximum absolute atomic E-state index is 12.6. The van der Waals surface area contributed by atoms with E-state index >= 15 is 0 Å². The Morgan fingerprint density at radius 2 is 2.14 bits per heavy atom. The Morgan fingerprint density at radius 3 is 2.91 bits per heavy atom. The topological polar surface area (TPSA) is 51.2 Å². The molecule has 3 aliphatic heterocycles. The number of carbonyl (C=O) groups is 1. The molecular formula is C16H26N2O4. The van der Waals surface area contributed by atoms with Crippen LogP contribution in [0, 0.1) is 5.92 Å². The fourth-order valence-corrected chi connectivity index (χ4v) is 3.53. The fraction of sp³-hybridized carbons (Fsp3) is 0.812. The van der Waals surface area contributed by atoms with E-state index in [2.05, 4.69) is 11.5 Å². The molecule has 1 amide bonds. The van der Waals surface area contributed by atoms with E-state index in [1.807, 2.05) is 11.0 Å². The zero-order chi connectivity index (χ0) is 15.4. The van der Waals surface area contributed by atoms with E-state index in [1.54, 1.807) is 0 Å². The lowest BCUT2D eigenvalue weighted by Crippen LogP contribution is -2.60. The SMILES string of the molecule is C=CCN1CCOC[C@]2(C1)CN(C(=O)[C@@H]1CCOC1)CCO2. The van der Waals surface area contributed by atoms with Gasteiger partial charge in [-0.05, 0) is 6.42 Å². The van der Waals surface area contributed by atoms with Crippen LogP contribution < -0.4 is 0 Å². The highest BCUT2D eigenvalue weighted by Gasteiger charge is 2.42. The first kappa shape index (κ1) is 15.9. The predicted octanol–water partition coefficient (Wildman–Crippen LogP) is 0.139. The Kier molecular flexibility index (Phi) is 5.13. The number of hydrogen-bond donors (Lipinski definition) is 0. The smallest absolute Gasteiger partial charge is 0.228 e. The zero-order valence-electron chi connectivity index (χ0n) is 13.2. The second-order valence-electron chi connectivity index (χ2n) is 6.43. The monoisotopic (exact) mass is 310 g/mol. The summed E-state index contributed by atoms with van der Waals surface area (Å²) >= 11 is 0. The van der Waals surface area contributed by atoms with Crippen molar-refractivity contribution < 1.29 is 19.0 Å². The molecule has 6 heteroatoms. The van der Waals surface area contributed by atoms with E-state index in [-0.39, 0.29) is 11.8 Å². The quantitative estimate of drug-likeness (QED) is 0.694. The van der Waals surface area contributed by atoms with Gasteiger partial charge in [0.25, 0.3) is 0 Å². The average molecular weight is 310 g/mol. The molecule has 3 saturated heterocycles. The van der Waals surface area contributed by atoms with E-state index in [0.717, 1.165) is 26.1 Å². The first-order chi connectivity index (χ1) is 10.7. The van der Waals surface area contributed by atoms with Crippen LogP contribution in [0.1, 0.15) is 6.42 Å². The van der Waals surface area contributed by atoms with E-state index < -0.39 is 5.60 Å². The molecule has 2 atom stereocenters. The van der Waals surface area contributed by atoms with Crippen molar-refractivity contribution >= 4 is 5.91 Å². The number of morpholine rings is 1. The van der Waals surface area contributed by atoms with Gasteiger partial charge in [-0.1, -0.05) is 6.08 Å². The van der Waals surface area contributed by atoms with E-state index in [4.69, 9.17) is 14.2 Å². The van der Waals surface area contributed by atoms with Crippen LogP contribution in [-0.2, 0) is 19.0 Å². The Morgan fingerprint density at radius 1 is 1.23 bits per heavy atom. The van der Waals surface area contributed by atoms with Crippen LogP contribution in [0.15, 0.2) is 12.7 Å². The largest absolute Gasteiger partial charge is 0.381 e. The van der Waals surface area contributed by atoms with E-state index in [0.29, 0.717) is 46.1 Å². The molecule has 124 valence electrons. The van der Waals surface area contributed by atoms with Crippen LogP contribution in [-0.4, -0.2) is 87.1 Å². The van der Waals surface area contributed by atoms with Crippen molar-refractivity contribution in [2.24, 2.45) is 5.92 Å². The summed E-state index contributed by atoms with van der Waals surface area (Å²) in [5.74, 6) is 0.228. The maximum Gasteiger partial charge on any atom is 0.228 e. The molecule has 3 fully saturated rings. The molecule has 0 aromatic carbocycles. The van der Waals surface area contributed by atoms with Crippen LogP contribution in [0.25, 0.3) is 0 Å². The maximum atomic E-state index is 12.6. The molecule has 22 heavy (non-hydrogen) atoms. The molecule has 3 rings (SSSR count). The van der Waals surface area contributed by atoms with Gasteiger partial charge in [0, 0.05) is 32.8 Å². The van der Waals surface area contributed by atoms with Gasteiger partial charge in [-0.2, -0.15) is 0 Å². The van der Waals surface area contributed by atoms with Gasteiger partial charge in [0.1, 0.15) is 5.60 Å². The van der Waals surface area contributed by atoms with Crippen molar-refractivity contribution in [3.05, 3.63) is 12.7 Å². The van der Waals surface area contributed by atoms with Gasteiger partial charge >= 0.3 is 0 Å². The van der Waals surface area contributed by atoms with Gasteiger partial charge < -0.3 is 19.1 Å². The van der Waals surface area contributed by atoms with Crippen LogP contribution in [0.2, 0.25) is 0 Å². The van der Waals surface area contributed by atoms with Crippen LogP contribution >= 0.6 is 0 Å². The Labute approximate surface area is 132 Å². The second-order valence-corrected chi connectivity index (χ2v) is 6.43. The fourth-order valence-electron chi connectivity index (χ4n) is 3.53. The van der Waals surface area contributed by atoms with Crippen molar-refractivity contribution in [2.45, 2.75) is 12.0 Å². The van der Waals surface area contributed by atoms with Crippen molar-refractivity contribution in [2.75, 3.05) is 65.8 Å². The van der Waals surface area contributed by atoms with Crippen LogP contribution in [0.5, 0.6) is 0 Å². The van der Waals surface area contributed by atoms with Gasteiger partial charge in [-0.15, -0.1) is 6.58 Å². The number of carbonyl (C=O) groups excluding carboxylic acids is 1. The molecule has 3 heterocycles. The number of amides is 1. The lowest BCUT2D eigenvalue weighted by atomic mass is 9.99. The molecule has 1 spiro atoms. The van der Waals surface area contributed by atoms with Gasteiger partial charge in [0.05, 0.1) is 38.9 Å². The first-order valence-electron chi connectivity index (χ1n) is 8.14. The third-order valence-electron chi connectivity index (χ3n) is 4.66. The molecular weight excluding hydrogens is 284 g/mol. The molecule has 0 radical (unpaired) electrons. The zero-order valence-corrected chi connectivity index (χ0v) is 13.2. The molecule has 0 unspecified atom stereocenters. The minimum atomic E-state index is -0.410. The molecule has 6 nitrogen and oxygen atoms in total. The van der Waals surface area contributed by atoms with Gasteiger partial charge in [0.15, 0.2) is 0 Å². The summed E-state index contributed by atoms with van der Waals surface area (Å²) in [4.78, 5) is 16.9. The summed E-state index contributed by atoms with van der Waals surface area (Å²) < 4.78 is 17.2. The Bertz CT molecular complexity index is 411. The highest BCUT2D eigenvalue weighted by atomic mass is 16.5. The Hall–Kier alpha value is -0.950. The number of hydrogen-bond acceptors (Lipinski definition) is 5. The van der Waals surface area contributed by atoms with Crippen LogP contribution in [0.4, 0.5) is 0 Å². The van der Waals surface area contributed by atoms with Gasteiger partial charge in [-0.25, -0.2) is 0 Å². The first-order valence-corrected chi connectivity index (χ1v) is 8.14. The number of rotatable bonds is 3. The number of ether oxygens (including phenoxy) is 3. The van der Waals surface area contributed by atoms with E-state index in [9.17, 15) is 4.79 Å². The van der Waals surface area contributed by atoms with Crippen molar-refractivity contribution in [3.63, 3.8) is 0 Å². The third-order valence-corrected chi connectivity index (χ3v) is 4.66. The molecule has 3 aliphatic rings. The average Bonchev–Trinajstić information content (AvgIpc) is 2.99. The molecule has 0 aromatic rings. The molecule has 0 aromatic heterocycles. The van der Waals surface area contributed by atoms with Crippen molar-refractivity contribution in [3.8, 4) is 0 Å². The lowest BCUT2D eigenvalue weighted by Gasteiger charge is -2.43. The van der Waals surface area contributed by atoms with Crippen LogP contribution in [0.3, 0.4) is 0 Å². The summed E-state index contributed by atoms with van der Waals surface area (Å²) in [6, 6.07) is 0. The Balaban J connectivity index is 1.67. The summed E-state index contributed by atoms with van der Waals surface area (Å²) in [5.41, 5.74) is -0.410. The molecule has 0 aliphatic carbocycles. The van der Waals surface area contributed by atoms with Gasteiger partial charge in [0.2, 0.25) is 5.91 Å². The normalized spacial score (nSPS) is 33.8. The highest BCUT2D eigenvalue weighted by molar-refractivity contribution is 5.79. The van der Waals surface area contributed by atoms with Crippen molar-refractivity contribution in [1.29, 1.82) is 0 Å². The second kappa shape index (κ2) is 7.08. The molecule has 0 N–H and O–H groups in total. The minimum Gasteiger partial charge on any atom is -0.381 e. The van der Waals surface area contributed by atoms with Gasteiger partial charge in [-0.3, -0.25) is 9.69 Å². The molecule has 0 saturated carbocycles. The third kappa shape index (κ3) is 3.51. The standard InChI is InChI=1S/C16H26N2O4/c1-2-4-17-5-8-21-13-16(11-17)12-18(6-9-22-16)15(19)14-3-7-20-10-14/h2,14H,1,3-13H2/t14-,16+/m1/s1. The van der Waals surface area contributed by atoms with E-state index in [1.165, 1.54) is 0 Å². The summed E-state index contributed by atoms with van der Waals surface area (Å²) in [6.07, 6.45) is 2.74. The minimum absolute atomic E-state index is 0.0196. The summed E-state index contributed by atoms with van der Waals surface area (Å²) in [5, 5.41) is 0. The highest BCUT2D eigenvalue weighted by Crippen LogP contribution is 2.25. The van der Waals surface area contributed by atoms with Crippen molar-refractivity contribution in [1.82, 2.24) is 9.80 Å². The summed E-state index contributed by atoms with van der Waals surface area (Å²) in [7, 11) is 0. The lowest BCUT2D eigenvalue weighted by molar-refractivity contribution is -0.164. The number of nitrogens with zero attached hydrogens (tertiary/aromatic N) is 2. The predicted molar refractivity (Wildman–Crippen MR) is 81.6 cm³/mol.